The molecule has 2 rings (SSSR count). The van der Waals surface area contributed by atoms with Crippen molar-refractivity contribution in [3.05, 3.63) is 53.5 Å². The Bertz CT molecular complexity index is 311. The van der Waals surface area contributed by atoms with E-state index >= 15 is 0 Å². The van der Waals surface area contributed by atoms with Gasteiger partial charge in [0.1, 0.15) is 0 Å². The lowest BCUT2D eigenvalue weighted by Crippen LogP contribution is -1.92. The SMILES string of the molecule is CC1=CC2=C([CH]1)C=CC=CC2C. The van der Waals surface area contributed by atoms with Crippen molar-refractivity contribution in [2.45, 2.75) is 13.8 Å². The average molecular weight is 157 g/mol. The first-order valence-electron chi connectivity index (χ1n) is 4.39. The Hall–Kier alpha value is -1.04. The molecule has 12 heavy (non-hydrogen) atoms. The third-order valence-corrected chi connectivity index (χ3v) is 2.38. The van der Waals surface area contributed by atoms with Crippen molar-refractivity contribution < 1.29 is 0 Å². The van der Waals surface area contributed by atoms with Crippen LogP contribution in [0, 0.1) is 12.3 Å². The fourth-order valence-electron chi connectivity index (χ4n) is 1.73. The van der Waals surface area contributed by atoms with Gasteiger partial charge in [-0.25, -0.2) is 0 Å². The minimum absolute atomic E-state index is 0.559. The summed E-state index contributed by atoms with van der Waals surface area (Å²) < 4.78 is 0. The third kappa shape index (κ3) is 1.18. The van der Waals surface area contributed by atoms with Crippen LogP contribution in [0.25, 0.3) is 0 Å². The number of hydrogen-bond donors (Lipinski definition) is 0. The molecular formula is C12H13. The Morgan fingerprint density at radius 3 is 2.92 bits per heavy atom. The molecule has 0 fully saturated rings. The fraction of sp³-hybridized carbons (Fsp3) is 0.250. The zero-order valence-corrected chi connectivity index (χ0v) is 7.54. The van der Waals surface area contributed by atoms with Crippen LogP contribution in [0.15, 0.2) is 47.1 Å². The maximum atomic E-state index is 2.28. The van der Waals surface area contributed by atoms with E-state index < -0.39 is 0 Å². The molecule has 0 saturated carbocycles. The standard InChI is InChI=1S/C12H13/c1-9-7-11-6-4-3-5-10(2)12(11)8-9/h3-8,10H,1-2H3. The van der Waals surface area contributed by atoms with E-state index in [2.05, 4.69) is 50.6 Å². The summed E-state index contributed by atoms with van der Waals surface area (Å²) in [7, 11) is 0. The van der Waals surface area contributed by atoms with Gasteiger partial charge in [-0.3, -0.25) is 0 Å². The summed E-state index contributed by atoms with van der Waals surface area (Å²) >= 11 is 0. The van der Waals surface area contributed by atoms with Gasteiger partial charge in [0.15, 0.2) is 0 Å². The zero-order chi connectivity index (χ0) is 8.55. The summed E-state index contributed by atoms with van der Waals surface area (Å²) in [6.45, 7) is 4.39. The van der Waals surface area contributed by atoms with Crippen LogP contribution in [0.3, 0.4) is 0 Å². The van der Waals surface area contributed by atoms with E-state index in [1.54, 1.807) is 0 Å². The lowest BCUT2D eigenvalue weighted by Gasteiger charge is -2.05. The van der Waals surface area contributed by atoms with Crippen LogP contribution in [-0.4, -0.2) is 0 Å². The maximum Gasteiger partial charge on any atom is 0.0158 e. The second-order valence-corrected chi connectivity index (χ2v) is 3.48. The molecule has 0 bridgehead atoms. The molecule has 61 valence electrons. The predicted octanol–water partition coefficient (Wildman–Crippen LogP) is 3.21. The summed E-state index contributed by atoms with van der Waals surface area (Å²) in [6, 6.07) is 0. The normalized spacial score (nSPS) is 27.2. The smallest absolute Gasteiger partial charge is 0.0158 e. The van der Waals surface area contributed by atoms with E-state index in [1.165, 1.54) is 16.7 Å². The molecule has 0 saturated heterocycles. The molecule has 0 nitrogen and oxygen atoms in total. The second kappa shape index (κ2) is 2.78. The van der Waals surface area contributed by atoms with Gasteiger partial charge in [0, 0.05) is 6.42 Å². The average Bonchev–Trinajstić information content (AvgIpc) is 2.33. The zero-order valence-electron chi connectivity index (χ0n) is 7.54. The fourth-order valence-corrected chi connectivity index (χ4v) is 1.73. The van der Waals surface area contributed by atoms with Crippen LogP contribution in [0.5, 0.6) is 0 Å². The summed E-state index contributed by atoms with van der Waals surface area (Å²) in [5.41, 5.74) is 4.20. The van der Waals surface area contributed by atoms with Crippen molar-refractivity contribution in [2.24, 2.45) is 5.92 Å². The summed E-state index contributed by atoms with van der Waals surface area (Å²) in [6.07, 6.45) is 13.2. The predicted molar refractivity (Wildman–Crippen MR) is 52.5 cm³/mol. The van der Waals surface area contributed by atoms with Crippen molar-refractivity contribution in [1.29, 1.82) is 0 Å². The van der Waals surface area contributed by atoms with Gasteiger partial charge in [0.2, 0.25) is 0 Å². The first kappa shape index (κ1) is 7.60. The minimum atomic E-state index is 0.559. The lowest BCUT2D eigenvalue weighted by atomic mass is 9.99. The van der Waals surface area contributed by atoms with Gasteiger partial charge in [0.25, 0.3) is 0 Å². The van der Waals surface area contributed by atoms with Gasteiger partial charge in [-0.2, -0.15) is 0 Å². The van der Waals surface area contributed by atoms with Crippen molar-refractivity contribution in [2.75, 3.05) is 0 Å². The summed E-state index contributed by atoms with van der Waals surface area (Å²) in [4.78, 5) is 0. The molecule has 0 aliphatic heterocycles. The Balaban J connectivity index is 2.40. The Labute approximate surface area is 74.0 Å². The summed E-state index contributed by atoms with van der Waals surface area (Å²) in [5.74, 6) is 0.559. The van der Waals surface area contributed by atoms with E-state index in [-0.39, 0.29) is 0 Å². The largest absolute Gasteiger partial charge is 0.0773 e. The number of hydrogen-bond acceptors (Lipinski definition) is 0. The highest BCUT2D eigenvalue weighted by Gasteiger charge is 2.15. The van der Waals surface area contributed by atoms with E-state index in [0.717, 1.165) is 0 Å². The molecule has 1 unspecified atom stereocenters. The number of allylic oxidation sites excluding steroid dienone is 8. The van der Waals surface area contributed by atoms with Crippen LogP contribution >= 0.6 is 0 Å². The Morgan fingerprint density at radius 1 is 1.25 bits per heavy atom. The van der Waals surface area contributed by atoms with Crippen LogP contribution in [0.1, 0.15) is 13.8 Å². The maximum absolute atomic E-state index is 2.28. The highest BCUT2D eigenvalue weighted by Crippen LogP contribution is 2.31. The van der Waals surface area contributed by atoms with Crippen LogP contribution in [0.4, 0.5) is 0 Å². The minimum Gasteiger partial charge on any atom is -0.0773 e. The lowest BCUT2D eigenvalue weighted by molar-refractivity contribution is 0.891. The van der Waals surface area contributed by atoms with Crippen molar-refractivity contribution in [3.8, 4) is 0 Å². The third-order valence-electron chi connectivity index (χ3n) is 2.38. The summed E-state index contributed by atoms with van der Waals surface area (Å²) in [5, 5.41) is 0. The molecule has 0 heteroatoms. The molecule has 2 aliphatic carbocycles. The Kier molecular flexibility index (Phi) is 1.76. The molecule has 0 N–H and O–H groups in total. The molecule has 1 radical (unpaired) electrons. The highest BCUT2D eigenvalue weighted by atomic mass is 14.2. The molecule has 1 atom stereocenters. The molecule has 0 aromatic rings. The van der Waals surface area contributed by atoms with Gasteiger partial charge in [-0.1, -0.05) is 42.9 Å². The quantitative estimate of drug-likeness (QED) is 0.506. The Morgan fingerprint density at radius 2 is 2.08 bits per heavy atom. The van der Waals surface area contributed by atoms with Gasteiger partial charge in [0.05, 0.1) is 0 Å². The molecule has 0 amide bonds. The van der Waals surface area contributed by atoms with Crippen molar-refractivity contribution >= 4 is 0 Å². The molecule has 2 aliphatic rings. The topological polar surface area (TPSA) is 0 Å². The van der Waals surface area contributed by atoms with Gasteiger partial charge < -0.3 is 0 Å². The van der Waals surface area contributed by atoms with Crippen molar-refractivity contribution in [3.63, 3.8) is 0 Å². The van der Waals surface area contributed by atoms with Crippen LogP contribution in [-0.2, 0) is 0 Å². The van der Waals surface area contributed by atoms with Gasteiger partial charge in [-0.05, 0) is 24.0 Å². The van der Waals surface area contributed by atoms with Gasteiger partial charge in [-0.15, -0.1) is 0 Å². The van der Waals surface area contributed by atoms with Crippen LogP contribution < -0.4 is 0 Å². The molecular weight excluding hydrogens is 144 g/mol. The highest BCUT2D eigenvalue weighted by molar-refractivity contribution is 5.55. The molecule has 0 heterocycles. The molecule has 0 spiro atoms. The number of rotatable bonds is 0. The van der Waals surface area contributed by atoms with Crippen LogP contribution in [0.2, 0.25) is 0 Å². The van der Waals surface area contributed by atoms with E-state index in [0.29, 0.717) is 5.92 Å². The first-order chi connectivity index (χ1) is 5.77. The van der Waals surface area contributed by atoms with E-state index in [1.807, 2.05) is 0 Å². The van der Waals surface area contributed by atoms with E-state index in [9.17, 15) is 0 Å². The molecule has 0 aromatic heterocycles. The van der Waals surface area contributed by atoms with Gasteiger partial charge >= 0.3 is 0 Å². The van der Waals surface area contributed by atoms with Crippen molar-refractivity contribution in [1.82, 2.24) is 0 Å². The monoisotopic (exact) mass is 157 g/mol. The second-order valence-electron chi connectivity index (χ2n) is 3.48. The molecule has 0 aromatic carbocycles. The first-order valence-corrected chi connectivity index (χ1v) is 4.39. The van der Waals surface area contributed by atoms with E-state index in [4.69, 9.17) is 0 Å².